The van der Waals surface area contributed by atoms with Gasteiger partial charge < -0.3 is 14.6 Å². The van der Waals surface area contributed by atoms with E-state index in [1.165, 1.54) is 12.1 Å². The minimum atomic E-state index is -0.958. The van der Waals surface area contributed by atoms with Gasteiger partial charge in [0.2, 0.25) is 5.78 Å². The Kier molecular flexibility index (Phi) is 6.86. The molecule has 1 N–H and O–H groups in total. The predicted octanol–water partition coefficient (Wildman–Crippen LogP) is 7.32. The SMILES string of the molecule is Cc1cc(Cl)cc(C)c1C(=O)c1sc2cc(O)ccc2c1Oc1cc(F)c(/C=C/OC=O)c(F)c1. The summed E-state index contributed by atoms with van der Waals surface area (Å²) in [5, 5.41) is 10.9. The van der Waals surface area contributed by atoms with Gasteiger partial charge in [-0.3, -0.25) is 9.59 Å². The van der Waals surface area contributed by atoms with Crippen LogP contribution in [0.25, 0.3) is 16.2 Å². The lowest BCUT2D eigenvalue weighted by atomic mass is 9.98. The minimum absolute atomic E-state index is 0.00562. The zero-order chi connectivity index (χ0) is 25.3. The van der Waals surface area contributed by atoms with Crippen molar-refractivity contribution >= 4 is 51.4 Å². The van der Waals surface area contributed by atoms with Gasteiger partial charge in [-0.2, -0.15) is 0 Å². The number of hydrogen-bond acceptors (Lipinski definition) is 6. The Bertz CT molecular complexity index is 1460. The van der Waals surface area contributed by atoms with Crippen molar-refractivity contribution in [3.63, 3.8) is 0 Å². The molecule has 0 amide bonds. The zero-order valence-electron chi connectivity index (χ0n) is 18.4. The second kappa shape index (κ2) is 9.85. The summed E-state index contributed by atoms with van der Waals surface area (Å²) < 4.78 is 39.9. The molecule has 1 heterocycles. The molecule has 0 saturated carbocycles. The molecule has 0 radical (unpaired) electrons. The van der Waals surface area contributed by atoms with E-state index in [-0.39, 0.29) is 34.4 Å². The minimum Gasteiger partial charge on any atom is -0.508 e. The van der Waals surface area contributed by atoms with E-state index in [4.69, 9.17) is 16.3 Å². The number of aromatic hydroxyl groups is 1. The van der Waals surface area contributed by atoms with Gasteiger partial charge in [0, 0.05) is 38.4 Å². The summed E-state index contributed by atoms with van der Waals surface area (Å²) in [5.41, 5.74) is 1.33. The average molecular weight is 515 g/mol. The molecule has 35 heavy (non-hydrogen) atoms. The summed E-state index contributed by atoms with van der Waals surface area (Å²) in [6.45, 7) is 3.64. The van der Waals surface area contributed by atoms with Crippen LogP contribution in [0.4, 0.5) is 8.78 Å². The third-order valence-electron chi connectivity index (χ3n) is 5.20. The Hall–Kier alpha value is -3.75. The number of hydrogen-bond donors (Lipinski definition) is 1. The smallest absolute Gasteiger partial charge is 0.297 e. The van der Waals surface area contributed by atoms with Crippen molar-refractivity contribution in [2.45, 2.75) is 13.8 Å². The third-order valence-corrected chi connectivity index (χ3v) is 6.55. The van der Waals surface area contributed by atoms with E-state index in [1.54, 1.807) is 32.0 Å². The molecule has 0 unspecified atom stereocenters. The molecule has 4 aromatic rings. The molecule has 0 saturated heterocycles. The van der Waals surface area contributed by atoms with Crippen molar-refractivity contribution in [1.82, 2.24) is 0 Å². The molecule has 0 fully saturated rings. The monoisotopic (exact) mass is 514 g/mol. The Morgan fingerprint density at radius 2 is 1.71 bits per heavy atom. The lowest BCUT2D eigenvalue weighted by Gasteiger charge is -2.12. The number of benzene rings is 3. The highest BCUT2D eigenvalue weighted by Gasteiger charge is 2.25. The number of rotatable bonds is 7. The summed E-state index contributed by atoms with van der Waals surface area (Å²) >= 11 is 7.20. The molecule has 0 aliphatic rings. The second-order valence-electron chi connectivity index (χ2n) is 7.62. The van der Waals surface area contributed by atoms with Crippen molar-refractivity contribution in [1.29, 1.82) is 0 Å². The lowest BCUT2D eigenvalue weighted by molar-refractivity contribution is -0.123. The number of phenolic OH excluding ortho intramolecular Hbond substituents is 1. The van der Waals surface area contributed by atoms with E-state index in [2.05, 4.69) is 4.74 Å². The van der Waals surface area contributed by atoms with Crippen LogP contribution in [-0.4, -0.2) is 17.4 Å². The Morgan fingerprint density at radius 3 is 2.34 bits per heavy atom. The molecule has 4 rings (SSSR count). The van der Waals surface area contributed by atoms with Crippen molar-refractivity contribution in [2.75, 3.05) is 0 Å². The fourth-order valence-corrected chi connectivity index (χ4v) is 5.17. The van der Waals surface area contributed by atoms with Crippen LogP contribution in [0, 0.1) is 25.5 Å². The predicted molar refractivity (Wildman–Crippen MR) is 130 cm³/mol. The Balaban J connectivity index is 1.83. The summed E-state index contributed by atoms with van der Waals surface area (Å²) in [5.74, 6) is -2.34. The van der Waals surface area contributed by atoms with Crippen molar-refractivity contribution < 1.29 is 33.0 Å². The highest BCUT2D eigenvalue weighted by molar-refractivity contribution is 7.21. The van der Waals surface area contributed by atoms with Crippen LogP contribution >= 0.6 is 22.9 Å². The first-order valence-corrected chi connectivity index (χ1v) is 11.4. The lowest BCUT2D eigenvalue weighted by Crippen LogP contribution is -2.06. The fourth-order valence-electron chi connectivity index (χ4n) is 3.73. The molecule has 9 heteroatoms. The van der Waals surface area contributed by atoms with E-state index in [0.29, 0.717) is 31.8 Å². The van der Waals surface area contributed by atoms with Crippen molar-refractivity contribution in [3.05, 3.63) is 92.5 Å². The topological polar surface area (TPSA) is 72.8 Å². The van der Waals surface area contributed by atoms with E-state index in [9.17, 15) is 23.5 Å². The summed E-state index contributed by atoms with van der Waals surface area (Å²) in [7, 11) is 0. The number of thiophene rings is 1. The number of carbonyl (C=O) groups is 2. The van der Waals surface area contributed by atoms with Gasteiger partial charge in [0.05, 0.1) is 6.26 Å². The van der Waals surface area contributed by atoms with Crippen LogP contribution in [0.1, 0.15) is 31.9 Å². The first kappa shape index (κ1) is 24.4. The van der Waals surface area contributed by atoms with Crippen LogP contribution in [0.2, 0.25) is 5.02 Å². The van der Waals surface area contributed by atoms with Crippen LogP contribution in [0.5, 0.6) is 17.2 Å². The quantitative estimate of drug-likeness (QED) is 0.159. The van der Waals surface area contributed by atoms with Gasteiger partial charge >= 0.3 is 0 Å². The molecule has 1 aromatic heterocycles. The molecule has 0 aliphatic carbocycles. The molecule has 5 nitrogen and oxygen atoms in total. The molecule has 0 spiro atoms. The van der Waals surface area contributed by atoms with E-state index in [0.717, 1.165) is 35.8 Å². The van der Waals surface area contributed by atoms with Gasteiger partial charge in [-0.05, 0) is 61.4 Å². The number of phenols is 1. The van der Waals surface area contributed by atoms with Gasteiger partial charge in [0.25, 0.3) is 6.47 Å². The van der Waals surface area contributed by atoms with E-state index in [1.807, 2.05) is 0 Å². The zero-order valence-corrected chi connectivity index (χ0v) is 20.0. The number of aryl methyl sites for hydroxylation is 2. The van der Waals surface area contributed by atoms with Crippen molar-refractivity contribution in [2.24, 2.45) is 0 Å². The molecule has 0 aliphatic heterocycles. The van der Waals surface area contributed by atoms with Gasteiger partial charge in [-0.25, -0.2) is 8.78 Å². The molecule has 3 aromatic carbocycles. The molecule has 0 atom stereocenters. The normalized spacial score (nSPS) is 11.2. The maximum Gasteiger partial charge on any atom is 0.297 e. The summed E-state index contributed by atoms with van der Waals surface area (Å²) in [4.78, 5) is 24.1. The van der Waals surface area contributed by atoms with Crippen LogP contribution < -0.4 is 4.74 Å². The van der Waals surface area contributed by atoms with Gasteiger partial charge in [-0.15, -0.1) is 11.3 Å². The average Bonchev–Trinajstić information content (AvgIpc) is 3.12. The number of halogens is 3. The first-order chi connectivity index (χ1) is 16.7. The van der Waals surface area contributed by atoms with Gasteiger partial charge in [0.1, 0.15) is 28.0 Å². The Labute approximate surface area is 207 Å². The standard InChI is InChI=1S/C26H17ClF2O5S/c1-13-7-15(27)8-14(2)23(13)24(32)26-25(19-4-3-16(31)9-22(19)35-26)34-17-10-20(28)18(21(29)11-17)5-6-33-12-30/h3-12,31H,1-2H3/b6-5+. The fraction of sp³-hybridized carbons (Fsp3) is 0.0769. The molecule has 0 bridgehead atoms. The number of fused-ring (bicyclic) bond motifs is 1. The van der Waals surface area contributed by atoms with Gasteiger partial charge in [0.15, 0.2) is 5.75 Å². The number of ether oxygens (including phenoxy) is 2. The second-order valence-corrected chi connectivity index (χ2v) is 9.11. The maximum absolute atomic E-state index is 14.6. The molecular weight excluding hydrogens is 498 g/mol. The van der Waals surface area contributed by atoms with Crippen molar-refractivity contribution in [3.8, 4) is 17.2 Å². The third kappa shape index (κ3) is 4.89. The molecule has 178 valence electrons. The van der Waals surface area contributed by atoms with Crippen LogP contribution in [0.15, 0.2) is 48.7 Å². The summed E-state index contributed by atoms with van der Waals surface area (Å²) in [6, 6.07) is 9.74. The summed E-state index contributed by atoms with van der Waals surface area (Å²) in [6.07, 6.45) is 1.81. The number of carbonyl (C=O) groups excluding carboxylic acids is 2. The highest BCUT2D eigenvalue weighted by Crippen LogP contribution is 2.43. The van der Waals surface area contributed by atoms with Crippen LogP contribution in [-0.2, 0) is 9.53 Å². The number of ketones is 1. The largest absolute Gasteiger partial charge is 0.508 e. The van der Waals surface area contributed by atoms with Gasteiger partial charge in [-0.1, -0.05) is 11.6 Å². The van der Waals surface area contributed by atoms with E-state index < -0.39 is 17.2 Å². The van der Waals surface area contributed by atoms with Crippen LogP contribution in [0.3, 0.4) is 0 Å². The highest BCUT2D eigenvalue weighted by atomic mass is 35.5. The Morgan fingerprint density at radius 1 is 1.06 bits per heavy atom. The van der Waals surface area contributed by atoms with E-state index >= 15 is 0 Å². The molecular formula is C26H17ClF2O5S. The first-order valence-electron chi connectivity index (χ1n) is 10.2. The maximum atomic E-state index is 14.6.